The molecule has 5 amide bonds. The van der Waals surface area contributed by atoms with Gasteiger partial charge in [0.2, 0.25) is 0 Å². The van der Waals surface area contributed by atoms with Gasteiger partial charge in [0.1, 0.15) is 18.4 Å². The first-order chi connectivity index (χ1) is 23.8. The van der Waals surface area contributed by atoms with Crippen molar-refractivity contribution >= 4 is 37.7 Å². The van der Waals surface area contributed by atoms with Crippen LogP contribution >= 0.6 is 7.60 Å². The molecule has 2 aliphatic heterocycles. The molecule has 1 aromatic carbocycles. The van der Waals surface area contributed by atoms with Crippen LogP contribution in [0.2, 0.25) is 0 Å². The van der Waals surface area contributed by atoms with E-state index in [2.05, 4.69) is 10.6 Å². The number of benzene rings is 1. The number of likely N-dealkylation sites (tertiary alicyclic amines) is 1. The lowest BCUT2D eigenvalue weighted by molar-refractivity contribution is -0.793. The van der Waals surface area contributed by atoms with Crippen LogP contribution in [0.4, 0.5) is 14.4 Å². The molecule has 1 aromatic rings. The van der Waals surface area contributed by atoms with E-state index in [1.165, 1.54) is 11.8 Å². The van der Waals surface area contributed by atoms with Crippen molar-refractivity contribution in [2.24, 2.45) is 0 Å². The van der Waals surface area contributed by atoms with Crippen LogP contribution in [-0.4, -0.2) is 113 Å². The van der Waals surface area contributed by atoms with E-state index in [-0.39, 0.29) is 45.6 Å². The van der Waals surface area contributed by atoms with Crippen molar-refractivity contribution in [1.82, 2.24) is 15.5 Å². The first kappa shape index (κ1) is 40.9. The minimum Gasteiger partial charge on any atom is -0.445 e. The molecule has 3 rings (SSSR count). The molecule has 0 bridgehead atoms. The molecule has 2 aliphatic rings. The zero-order valence-corrected chi connectivity index (χ0v) is 30.0. The smallest absolute Gasteiger partial charge is 0.445 e. The third-order valence-corrected chi connectivity index (χ3v) is 10.8. The molecule has 6 atom stereocenters. The minimum atomic E-state index is -4.78. The van der Waals surface area contributed by atoms with Crippen LogP contribution in [0.3, 0.4) is 0 Å². The van der Waals surface area contributed by atoms with Crippen molar-refractivity contribution in [3.8, 4) is 0 Å². The molecule has 0 aliphatic carbocycles. The van der Waals surface area contributed by atoms with E-state index in [0.717, 1.165) is 5.56 Å². The number of morpholine rings is 1. The van der Waals surface area contributed by atoms with E-state index < -0.39 is 66.2 Å². The van der Waals surface area contributed by atoms with Crippen LogP contribution < -0.4 is 10.6 Å². The summed E-state index contributed by atoms with van der Waals surface area (Å²) in [4.78, 5) is 76.8. The average Bonchev–Trinajstić information content (AvgIpc) is 3.50. The molecule has 0 spiro atoms. The van der Waals surface area contributed by atoms with Crippen LogP contribution in [-0.2, 0) is 39.5 Å². The molecule has 17 heteroatoms. The SMILES string of the molecule is CCCC[C@@H](NC(=O)[C@H](CCCCNC(=O)OCc1ccccc1)OC(=O)N1CCOCC1)P(=O)(O)OC(C)C(=O)[N+]1(C(=O)O)CCC[C@H]1C. The van der Waals surface area contributed by atoms with Crippen molar-refractivity contribution in [3.05, 3.63) is 35.9 Å². The number of carbonyl (C=O) groups is 5. The fraction of sp³-hybridized carbons (Fsp3) is 0.667. The van der Waals surface area contributed by atoms with Gasteiger partial charge in [0.25, 0.3) is 5.91 Å². The highest BCUT2D eigenvalue weighted by molar-refractivity contribution is 7.53. The molecule has 50 heavy (non-hydrogen) atoms. The van der Waals surface area contributed by atoms with Gasteiger partial charge in [-0.1, -0.05) is 50.1 Å². The molecule has 16 nitrogen and oxygen atoms in total. The maximum Gasteiger partial charge on any atom is 0.521 e. The fourth-order valence-electron chi connectivity index (χ4n) is 6.03. The predicted octanol–water partition coefficient (Wildman–Crippen LogP) is 4.35. The van der Waals surface area contributed by atoms with Crippen LogP contribution in [0, 0.1) is 0 Å². The van der Waals surface area contributed by atoms with E-state index in [4.69, 9.17) is 18.7 Å². The van der Waals surface area contributed by atoms with Gasteiger partial charge in [-0.05, 0) is 45.1 Å². The summed E-state index contributed by atoms with van der Waals surface area (Å²) in [5.41, 5.74) is 0.835. The highest BCUT2D eigenvalue weighted by atomic mass is 31.2. The number of nitrogens with one attached hydrogen (secondary N) is 2. The van der Waals surface area contributed by atoms with Crippen LogP contribution in [0.25, 0.3) is 0 Å². The molecule has 4 N–H and O–H groups in total. The quantitative estimate of drug-likeness (QED) is 0.100. The Morgan fingerprint density at radius 2 is 1.78 bits per heavy atom. The number of hydrogen-bond donors (Lipinski definition) is 4. The van der Waals surface area contributed by atoms with Gasteiger partial charge in [-0.25, -0.2) is 14.4 Å². The van der Waals surface area contributed by atoms with Crippen LogP contribution in [0.15, 0.2) is 30.3 Å². The summed E-state index contributed by atoms with van der Waals surface area (Å²) in [5.74, 6) is -3.15. The van der Waals surface area contributed by atoms with E-state index in [0.29, 0.717) is 51.7 Å². The van der Waals surface area contributed by atoms with E-state index in [1.807, 2.05) is 37.3 Å². The van der Waals surface area contributed by atoms with Gasteiger partial charge in [-0.2, -0.15) is 9.28 Å². The van der Waals surface area contributed by atoms with Gasteiger partial charge in [0.15, 0.2) is 12.2 Å². The Morgan fingerprint density at radius 3 is 2.40 bits per heavy atom. The maximum atomic E-state index is 13.7. The number of quaternary nitrogens is 1. The first-order valence-corrected chi connectivity index (χ1v) is 18.9. The largest absolute Gasteiger partial charge is 0.521 e. The van der Waals surface area contributed by atoms with Crippen LogP contribution in [0.5, 0.6) is 0 Å². The van der Waals surface area contributed by atoms with Crippen molar-refractivity contribution in [2.45, 2.75) is 103 Å². The monoisotopic (exact) mass is 727 g/mol. The zero-order valence-electron chi connectivity index (χ0n) is 29.1. The molecular formula is C33H52N4O12P+. The van der Waals surface area contributed by atoms with Gasteiger partial charge in [0.05, 0.1) is 19.8 Å². The standard InChI is InChI=1S/C33H51N4O12P/c1-4-5-16-28(50(44,45)49-25(3)30(39)37(33(42)43)20-11-12-24(37)2)35-29(38)27(48-32(41)36-18-21-46-22-19-36)15-9-10-17-34-31(40)47-23-26-13-7-6-8-14-26/h6-8,13-14,24-25,27-28H,4-5,9-12,15-23H2,1-3H3,(H3-,34,35,38,40,42,43,44,45)/p+1/t24-,25?,27+,28+,37?/m1/s1. The zero-order chi connectivity index (χ0) is 36.7. The number of imide groups is 1. The molecule has 0 saturated carbocycles. The lowest BCUT2D eigenvalue weighted by Gasteiger charge is -2.33. The Kier molecular flexibility index (Phi) is 16.1. The van der Waals surface area contributed by atoms with Gasteiger partial charge >= 0.3 is 31.8 Å². The van der Waals surface area contributed by atoms with Crippen molar-refractivity contribution < 1.29 is 61.8 Å². The van der Waals surface area contributed by atoms with Gasteiger partial charge in [-0.3, -0.25) is 13.9 Å². The summed E-state index contributed by atoms with van der Waals surface area (Å²) in [6.45, 7) is 6.23. The van der Waals surface area contributed by atoms with Crippen molar-refractivity contribution in [3.63, 3.8) is 0 Å². The van der Waals surface area contributed by atoms with Gasteiger partial charge < -0.3 is 39.7 Å². The number of nitrogens with zero attached hydrogens (tertiary/aromatic N) is 2. The first-order valence-electron chi connectivity index (χ1n) is 17.3. The second-order valence-corrected chi connectivity index (χ2v) is 14.6. The van der Waals surface area contributed by atoms with Gasteiger partial charge in [0, 0.05) is 32.5 Å². The summed E-state index contributed by atoms with van der Waals surface area (Å²) in [7, 11) is -4.78. The molecule has 2 heterocycles. The molecule has 2 fully saturated rings. The lowest BCUT2D eigenvalue weighted by atomic mass is 10.1. The lowest BCUT2D eigenvalue weighted by Crippen LogP contribution is -2.61. The van der Waals surface area contributed by atoms with E-state index >= 15 is 0 Å². The Bertz CT molecular complexity index is 1350. The number of carbonyl (C=O) groups excluding carboxylic acids is 4. The third-order valence-electron chi connectivity index (χ3n) is 8.99. The highest BCUT2D eigenvalue weighted by Gasteiger charge is 2.56. The molecule has 280 valence electrons. The Hall–Kier alpha value is -3.56. The number of amides is 5. The summed E-state index contributed by atoms with van der Waals surface area (Å²) in [6, 6.07) is 8.64. The van der Waals surface area contributed by atoms with Crippen molar-refractivity contribution in [1.29, 1.82) is 0 Å². The molecule has 3 unspecified atom stereocenters. The fourth-order valence-corrected chi connectivity index (χ4v) is 7.52. The van der Waals surface area contributed by atoms with E-state index in [1.54, 1.807) is 6.92 Å². The number of hydrogen-bond acceptors (Lipinski definition) is 10. The highest BCUT2D eigenvalue weighted by Crippen LogP contribution is 2.50. The predicted molar refractivity (Wildman–Crippen MR) is 180 cm³/mol. The third kappa shape index (κ3) is 11.5. The van der Waals surface area contributed by atoms with Gasteiger partial charge in [-0.15, -0.1) is 0 Å². The normalized spacial score (nSPS) is 22.0. The summed E-state index contributed by atoms with van der Waals surface area (Å²) in [5, 5.41) is 15.1. The number of rotatable bonds is 17. The summed E-state index contributed by atoms with van der Waals surface area (Å²) >= 11 is 0. The second-order valence-electron chi connectivity index (χ2n) is 12.6. The summed E-state index contributed by atoms with van der Waals surface area (Å²) in [6.07, 6.45) is -2.85. The average molecular weight is 728 g/mol. The number of unbranched alkanes of at least 4 members (excludes halogenated alkanes) is 2. The molecular weight excluding hydrogens is 675 g/mol. The Morgan fingerprint density at radius 1 is 1.08 bits per heavy atom. The number of alkyl carbamates (subject to hydrolysis) is 1. The topological polar surface area (TPSA) is 207 Å². The number of carboxylic acid groups (broad SMARTS) is 1. The second kappa shape index (κ2) is 19.7. The van der Waals surface area contributed by atoms with Crippen LogP contribution in [0.1, 0.15) is 77.7 Å². The number of ether oxygens (including phenoxy) is 3. The molecule has 0 radical (unpaired) electrons. The van der Waals surface area contributed by atoms with Crippen molar-refractivity contribution in [2.75, 3.05) is 39.4 Å². The van der Waals surface area contributed by atoms with E-state index in [9.17, 15) is 38.5 Å². The minimum absolute atomic E-state index is 0.00536. The Balaban J connectivity index is 1.65. The molecule has 0 aromatic heterocycles. The Labute approximate surface area is 292 Å². The molecule has 2 saturated heterocycles. The maximum absolute atomic E-state index is 13.7. The summed E-state index contributed by atoms with van der Waals surface area (Å²) < 4.78 is 34.3.